The minimum atomic E-state index is -0.103. The molecular weight excluding hydrogens is 324 g/mol. The number of rotatable bonds is 6. The number of carbonyl (C=O) groups is 1. The van der Waals surface area contributed by atoms with Crippen LogP contribution in [0.4, 0.5) is 0 Å². The quantitative estimate of drug-likeness (QED) is 0.786. The Labute approximate surface area is 146 Å². The number of aryl methyl sites for hydroxylation is 2. The van der Waals surface area contributed by atoms with E-state index in [0.717, 1.165) is 23.4 Å². The first kappa shape index (κ1) is 17.2. The number of amides is 1. The van der Waals surface area contributed by atoms with Crippen LogP contribution >= 0.6 is 0 Å². The molecular formula is C17H22N4O4. The number of hydrogen-bond acceptors (Lipinski definition) is 7. The van der Waals surface area contributed by atoms with Crippen LogP contribution in [0.2, 0.25) is 0 Å². The van der Waals surface area contributed by atoms with Crippen molar-refractivity contribution >= 4 is 5.91 Å². The molecule has 0 N–H and O–H groups in total. The molecule has 0 aromatic carbocycles. The van der Waals surface area contributed by atoms with Gasteiger partial charge in [-0.2, -0.15) is 0 Å². The standard InChI is InChI=1S/C17H22N4O4/c1-11-14(12(2)25-20-11)4-5-15(22)21-9-6-13(10-21)24-17-16(23-3)18-7-8-19-17/h7-8,13H,4-6,9-10H2,1-3H3/t13-/m1/s1. The van der Waals surface area contributed by atoms with E-state index in [9.17, 15) is 4.79 Å². The Bertz CT molecular complexity index is 726. The summed E-state index contributed by atoms with van der Waals surface area (Å²) in [7, 11) is 1.52. The summed E-state index contributed by atoms with van der Waals surface area (Å²) in [5.41, 5.74) is 1.87. The zero-order valence-electron chi connectivity index (χ0n) is 14.7. The Morgan fingerprint density at radius 3 is 2.76 bits per heavy atom. The molecule has 8 heteroatoms. The maximum absolute atomic E-state index is 12.5. The van der Waals surface area contributed by atoms with Crippen molar-refractivity contribution in [2.45, 2.75) is 39.2 Å². The SMILES string of the molecule is COc1nccnc1O[C@@H]1CCN(C(=O)CCc2c(C)noc2C)C1. The molecule has 25 heavy (non-hydrogen) atoms. The van der Waals surface area contributed by atoms with Gasteiger partial charge in [-0.1, -0.05) is 5.16 Å². The molecule has 2 aromatic heterocycles. The Hall–Kier alpha value is -2.64. The highest BCUT2D eigenvalue weighted by molar-refractivity contribution is 5.76. The zero-order chi connectivity index (χ0) is 17.8. The summed E-state index contributed by atoms with van der Waals surface area (Å²) >= 11 is 0. The summed E-state index contributed by atoms with van der Waals surface area (Å²) in [6.45, 7) is 4.98. The molecule has 8 nitrogen and oxygen atoms in total. The molecule has 2 aromatic rings. The number of likely N-dealkylation sites (tertiary alicyclic amines) is 1. The Morgan fingerprint density at radius 1 is 1.32 bits per heavy atom. The van der Waals surface area contributed by atoms with Gasteiger partial charge in [0.25, 0.3) is 11.8 Å². The van der Waals surface area contributed by atoms with Crippen LogP contribution in [-0.4, -0.2) is 52.2 Å². The maximum Gasteiger partial charge on any atom is 0.278 e. The van der Waals surface area contributed by atoms with Crippen molar-refractivity contribution < 1.29 is 18.8 Å². The van der Waals surface area contributed by atoms with Crippen LogP contribution in [0.3, 0.4) is 0 Å². The van der Waals surface area contributed by atoms with Crippen molar-refractivity contribution in [1.29, 1.82) is 0 Å². The van der Waals surface area contributed by atoms with E-state index in [2.05, 4.69) is 15.1 Å². The van der Waals surface area contributed by atoms with Crippen LogP contribution < -0.4 is 9.47 Å². The van der Waals surface area contributed by atoms with E-state index in [1.165, 1.54) is 7.11 Å². The Morgan fingerprint density at radius 2 is 2.08 bits per heavy atom. The summed E-state index contributed by atoms with van der Waals surface area (Å²) in [6, 6.07) is 0. The Kier molecular flexibility index (Phi) is 5.16. The van der Waals surface area contributed by atoms with Crippen LogP contribution in [0.25, 0.3) is 0 Å². The molecule has 1 amide bonds. The van der Waals surface area contributed by atoms with Gasteiger partial charge in [-0.15, -0.1) is 0 Å². The molecule has 1 aliphatic rings. The number of ether oxygens (including phenoxy) is 2. The van der Waals surface area contributed by atoms with Crippen LogP contribution in [-0.2, 0) is 11.2 Å². The van der Waals surface area contributed by atoms with Crippen molar-refractivity contribution in [2.24, 2.45) is 0 Å². The highest BCUT2D eigenvalue weighted by Gasteiger charge is 2.28. The second-order valence-corrected chi connectivity index (χ2v) is 6.04. The van der Waals surface area contributed by atoms with E-state index in [0.29, 0.717) is 37.7 Å². The van der Waals surface area contributed by atoms with Gasteiger partial charge in [-0.25, -0.2) is 9.97 Å². The van der Waals surface area contributed by atoms with Gasteiger partial charge in [0.15, 0.2) is 0 Å². The summed E-state index contributed by atoms with van der Waals surface area (Å²) < 4.78 is 16.1. The average molecular weight is 346 g/mol. The monoisotopic (exact) mass is 346 g/mol. The van der Waals surface area contributed by atoms with E-state index < -0.39 is 0 Å². The molecule has 1 saturated heterocycles. The van der Waals surface area contributed by atoms with Crippen molar-refractivity contribution in [3.63, 3.8) is 0 Å². The molecule has 134 valence electrons. The predicted octanol–water partition coefficient (Wildman–Crippen LogP) is 1.70. The topological polar surface area (TPSA) is 90.6 Å². The van der Waals surface area contributed by atoms with E-state index in [-0.39, 0.29) is 12.0 Å². The number of carbonyl (C=O) groups excluding carboxylic acids is 1. The second-order valence-electron chi connectivity index (χ2n) is 6.04. The van der Waals surface area contributed by atoms with E-state index in [4.69, 9.17) is 14.0 Å². The molecule has 1 atom stereocenters. The van der Waals surface area contributed by atoms with Gasteiger partial charge in [-0.3, -0.25) is 4.79 Å². The number of methoxy groups -OCH3 is 1. The number of hydrogen-bond donors (Lipinski definition) is 0. The van der Waals surface area contributed by atoms with Crippen molar-refractivity contribution in [1.82, 2.24) is 20.0 Å². The minimum absolute atomic E-state index is 0.103. The molecule has 3 heterocycles. The van der Waals surface area contributed by atoms with Crippen LogP contribution in [0.15, 0.2) is 16.9 Å². The Balaban J connectivity index is 1.53. The molecule has 0 unspecified atom stereocenters. The summed E-state index contributed by atoms with van der Waals surface area (Å²) in [6.07, 6.45) is 4.83. The van der Waals surface area contributed by atoms with Crippen LogP contribution in [0, 0.1) is 13.8 Å². The molecule has 0 spiro atoms. The third-order valence-electron chi connectivity index (χ3n) is 4.37. The molecule has 0 bridgehead atoms. The third kappa shape index (κ3) is 3.89. The summed E-state index contributed by atoms with van der Waals surface area (Å²) in [5, 5.41) is 3.92. The first-order chi connectivity index (χ1) is 12.1. The molecule has 1 fully saturated rings. The highest BCUT2D eigenvalue weighted by atomic mass is 16.5. The molecule has 3 rings (SSSR count). The lowest BCUT2D eigenvalue weighted by atomic mass is 10.1. The first-order valence-corrected chi connectivity index (χ1v) is 8.29. The van der Waals surface area contributed by atoms with E-state index >= 15 is 0 Å². The maximum atomic E-state index is 12.5. The fourth-order valence-electron chi connectivity index (χ4n) is 2.99. The van der Waals surface area contributed by atoms with E-state index in [1.54, 1.807) is 12.4 Å². The van der Waals surface area contributed by atoms with Gasteiger partial charge in [-0.05, 0) is 20.3 Å². The van der Waals surface area contributed by atoms with Gasteiger partial charge in [0, 0.05) is 37.3 Å². The molecule has 1 aliphatic heterocycles. The molecule has 0 aliphatic carbocycles. The van der Waals surface area contributed by atoms with Crippen molar-refractivity contribution in [3.8, 4) is 11.8 Å². The normalized spacial score (nSPS) is 16.9. The van der Waals surface area contributed by atoms with Gasteiger partial charge in [0.2, 0.25) is 5.91 Å². The van der Waals surface area contributed by atoms with Gasteiger partial charge < -0.3 is 18.9 Å². The predicted molar refractivity (Wildman–Crippen MR) is 88.5 cm³/mol. The minimum Gasteiger partial charge on any atom is -0.477 e. The summed E-state index contributed by atoms with van der Waals surface area (Å²) in [5.74, 6) is 1.60. The van der Waals surface area contributed by atoms with Crippen molar-refractivity contribution in [2.75, 3.05) is 20.2 Å². The largest absolute Gasteiger partial charge is 0.477 e. The lowest BCUT2D eigenvalue weighted by Crippen LogP contribution is -2.31. The molecule has 0 saturated carbocycles. The van der Waals surface area contributed by atoms with Crippen LogP contribution in [0.1, 0.15) is 29.9 Å². The number of nitrogens with zero attached hydrogens (tertiary/aromatic N) is 4. The third-order valence-corrected chi connectivity index (χ3v) is 4.37. The van der Waals surface area contributed by atoms with Crippen LogP contribution in [0.5, 0.6) is 11.8 Å². The van der Waals surface area contributed by atoms with Crippen molar-refractivity contribution in [3.05, 3.63) is 29.4 Å². The van der Waals surface area contributed by atoms with Gasteiger partial charge >= 0.3 is 0 Å². The lowest BCUT2D eigenvalue weighted by molar-refractivity contribution is -0.130. The highest BCUT2D eigenvalue weighted by Crippen LogP contribution is 2.24. The lowest BCUT2D eigenvalue weighted by Gasteiger charge is -2.17. The van der Waals surface area contributed by atoms with Gasteiger partial charge in [0.05, 0.1) is 19.3 Å². The first-order valence-electron chi connectivity index (χ1n) is 8.29. The number of aromatic nitrogens is 3. The smallest absolute Gasteiger partial charge is 0.278 e. The fourth-order valence-corrected chi connectivity index (χ4v) is 2.99. The van der Waals surface area contributed by atoms with Gasteiger partial charge in [0.1, 0.15) is 11.9 Å². The fraction of sp³-hybridized carbons (Fsp3) is 0.529. The molecule has 0 radical (unpaired) electrons. The second kappa shape index (κ2) is 7.50. The summed E-state index contributed by atoms with van der Waals surface area (Å²) in [4.78, 5) is 22.5. The van der Waals surface area contributed by atoms with E-state index in [1.807, 2.05) is 18.7 Å². The average Bonchev–Trinajstić information content (AvgIpc) is 3.21. The zero-order valence-corrected chi connectivity index (χ0v) is 14.7.